The van der Waals surface area contributed by atoms with Gasteiger partial charge in [0.05, 0.1) is 26.9 Å². The van der Waals surface area contributed by atoms with E-state index in [0.717, 1.165) is 28.5 Å². The van der Waals surface area contributed by atoms with E-state index in [1.165, 1.54) is 35.0 Å². The normalized spacial score (nSPS) is 12.5. The van der Waals surface area contributed by atoms with Crippen LogP contribution in [0.25, 0.3) is 16.5 Å². The molecule has 0 saturated carbocycles. The van der Waals surface area contributed by atoms with Gasteiger partial charge in [-0.05, 0) is 89.7 Å². The molecule has 2 heterocycles. The fourth-order valence-electron chi connectivity index (χ4n) is 7.13. The molecule has 60 heavy (non-hydrogen) atoms. The average molecular weight is 846 g/mol. The molecule has 0 saturated heterocycles. The van der Waals surface area contributed by atoms with E-state index in [9.17, 15) is 27.6 Å². The molecule has 7 rings (SSSR count). The lowest BCUT2D eigenvalue weighted by molar-refractivity contribution is -0.144. The molecular weight excluding hydrogens is 802 g/mol. The molecule has 0 aliphatic carbocycles. The van der Waals surface area contributed by atoms with Crippen molar-refractivity contribution >= 4 is 61.8 Å². The number of halogens is 1. The Morgan fingerprint density at radius 1 is 0.867 bits per heavy atom. The molecule has 1 N–H and O–H groups in total. The highest BCUT2D eigenvalue weighted by atomic mass is 35.5. The van der Waals surface area contributed by atoms with E-state index in [0.29, 0.717) is 49.2 Å². The first-order chi connectivity index (χ1) is 28.9. The van der Waals surface area contributed by atoms with Gasteiger partial charge in [0.25, 0.3) is 27.7 Å². The molecule has 12 nitrogen and oxygen atoms in total. The van der Waals surface area contributed by atoms with Gasteiger partial charge in [-0.2, -0.15) is 5.10 Å². The van der Waals surface area contributed by atoms with Crippen LogP contribution in [0.5, 0.6) is 0 Å². The molecule has 1 aliphatic rings. The molecule has 6 aromatic rings. The minimum atomic E-state index is -4.31. The van der Waals surface area contributed by atoms with E-state index in [2.05, 4.69) is 4.72 Å². The number of esters is 1. The molecule has 0 radical (unpaired) electrons. The maximum Gasteiger partial charge on any atom is 0.305 e. The van der Waals surface area contributed by atoms with Gasteiger partial charge in [-0.1, -0.05) is 98.6 Å². The second kappa shape index (κ2) is 17.9. The maximum absolute atomic E-state index is 14.6. The number of fused-ring (bicyclic) bond motifs is 2. The van der Waals surface area contributed by atoms with Gasteiger partial charge in [-0.3, -0.25) is 19.2 Å². The number of nitrogens with one attached hydrogen (secondary N) is 1. The van der Waals surface area contributed by atoms with E-state index < -0.39 is 27.7 Å². The SMILES string of the molecule is CCCCN(C(=O)c1nn(-c2ccc(C(=O)NS(=O)(=O)c3ccc4ccccc4c3)cc2C(=O)N2CCc3ccccc3C2)c(C)c1Cl)c1ccc(COC(=O)CC)cc1. The Labute approximate surface area is 353 Å². The predicted molar refractivity (Wildman–Crippen MR) is 230 cm³/mol. The predicted octanol–water partition coefficient (Wildman–Crippen LogP) is 8.20. The van der Waals surface area contributed by atoms with Gasteiger partial charge < -0.3 is 14.5 Å². The molecule has 0 bridgehead atoms. The van der Waals surface area contributed by atoms with Gasteiger partial charge in [-0.15, -0.1) is 0 Å². The zero-order valence-electron chi connectivity index (χ0n) is 33.5. The number of hydrogen-bond acceptors (Lipinski definition) is 8. The number of unbranched alkanes of at least 4 members (excludes halogenated alkanes) is 1. The molecule has 0 atom stereocenters. The highest BCUT2D eigenvalue weighted by Crippen LogP contribution is 2.31. The van der Waals surface area contributed by atoms with Crippen LogP contribution in [0.4, 0.5) is 5.69 Å². The molecule has 1 aliphatic heterocycles. The second-order valence-electron chi connectivity index (χ2n) is 14.6. The number of hydrogen-bond donors (Lipinski definition) is 1. The molecular formula is C46H44ClN5O7S. The van der Waals surface area contributed by atoms with Gasteiger partial charge in [-0.25, -0.2) is 17.8 Å². The van der Waals surface area contributed by atoms with Crippen LogP contribution >= 0.6 is 11.6 Å². The number of rotatable bonds is 13. The Hall–Kier alpha value is -6.31. The summed E-state index contributed by atoms with van der Waals surface area (Å²) in [5.41, 5.74) is 4.05. The lowest BCUT2D eigenvalue weighted by Crippen LogP contribution is -2.37. The summed E-state index contributed by atoms with van der Waals surface area (Å²) in [6.07, 6.45) is 2.39. The van der Waals surface area contributed by atoms with Crippen molar-refractivity contribution in [3.05, 3.63) is 153 Å². The highest BCUT2D eigenvalue weighted by molar-refractivity contribution is 7.90. The number of benzene rings is 5. The fourth-order valence-corrected chi connectivity index (χ4v) is 8.34. The van der Waals surface area contributed by atoms with Crippen molar-refractivity contribution in [2.45, 2.75) is 64.5 Å². The summed E-state index contributed by atoms with van der Waals surface area (Å²) in [7, 11) is -4.31. The third-order valence-corrected chi connectivity index (χ3v) is 12.3. The summed E-state index contributed by atoms with van der Waals surface area (Å²) in [4.78, 5) is 57.6. The topological polar surface area (TPSA) is 148 Å². The summed E-state index contributed by atoms with van der Waals surface area (Å²) in [5, 5.41) is 6.32. The third-order valence-electron chi connectivity index (χ3n) is 10.6. The average Bonchev–Trinajstić information content (AvgIpc) is 3.57. The third kappa shape index (κ3) is 8.82. The molecule has 14 heteroatoms. The second-order valence-corrected chi connectivity index (χ2v) is 16.6. The van der Waals surface area contributed by atoms with E-state index in [4.69, 9.17) is 21.4 Å². The smallest absolute Gasteiger partial charge is 0.305 e. The van der Waals surface area contributed by atoms with Crippen molar-refractivity contribution in [1.29, 1.82) is 0 Å². The zero-order valence-corrected chi connectivity index (χ0v) is 35.1. The van der Waals surface area contributed by atoms with Crippen LogP contribution < -0.4 is 9.62 Å². The van der Waals surface area contributed by atoms with Gasteiger partial charge in [0, 0.05) is 37.3 Å². The van der Waals surface area contributed by atoms with Gasteiger partial charge in [0.15, 0.2) is 5.69 Å². The number of amides is 3. The van der Waals surface area contributed by atoms with E-state index in [-0.39, 0.29) is 51.4 Å². The van der Waals surface area contributed by atoms with Gasteiger partial charge in [0.1, 0.15) is 6.61 Å². The van der Waals surface area contributed by atoms with Crippen molar-refractivity contribution in [2.24, 2.45) is 0 Å². The van der Waals surface area contributed by atoms with Crippen molar-refractivity contribution < 1.29 is 32.3 Å². The Balaban J connectivity index is 1.24. The van der Waals surface area contributed by atoms with E-state index in [1.54, 1.807) is 66.1 Å². The Morgan fingerprint density at radius 3 is 2.32 bits per heavy atom. The number of carbonyl (C=O) groups excluding carboxylic acids is 4. The molecule has 0 fully saturated rings. The molecule has 1 aromatic heterocycles. The fraction of sp³-hybridized carbons (Fsp3) is 0.239. The Bertz CT molecular complexity index is 2730. The van der Waals surface area contributed by atoms with Crippen LogP contribution in [0.3, 0.4) is 0 Å². The number of aromatic nitrogens is 2. The van der Waals surface area contributed by atoms with Gasteiger partial charge >= 0.3 is 5.97 Å². The minimum Gasteiger partial charge on any atom is -0.461 e. The van der Waals surface area contributed by atoms with Crippen LogP contribution in [-0.2, 0) is 39.1 Å². The van der Waals surface area contributed by atoms with Gasteiger partial charge in [0.2, 0.25) is 0 Å². The number of carbonyl (C=O) groups is 4. The summed E-state index contributed by atoms with van der Waals surface area (Å²) in [6, 6.07) is 31.1. The minimum absolute atomic E-state index is 0.0418. The van der Waals surface area contributed by atoms with Crippen LogP contribution in [0, 0.1) is 6.92 Å². The van der Waals surface area contributed by atoms with Crippen LogP contribution in [0.1, 0.15) is 86.7 Å². The van der Waals surface area contributed by atoms with E-state index in [1.807, 2.05) is 43.3 Å². The zero-order chi connectivity index (χ0) is 42.6. The summed E-state index contributed by atoms with van der Waals surface area (Å²) in [6.45, 7) is 6.61. The lowest BCUT2D eigenvalue weighted by Gasteiger charge is -2.29. The first kappa shape index (κ1) is 41.8. The largest absolute Gasteiger partial charge is 0.461 e. The van der Waals surface area contributed by atoms with Crippen LogP contribution in [-0.4, -0.2) is 59.9 Å². The quantitative estimate of drug-likeness (QED) is 0.115. The van der Waals surface area contributed by atoms with Crippen LogP contribution in [0.2, 0.25) is 5.02 Å². The van der Waals surface area contributed by atoms with Crippen molar-refractivity contribution in [2.75, 3.05) is 18.0 Å². The van der Waals surface area contributed by atoms with Crippen molar-refractivity contribution in [3.63, 3.8) is 0 Å². The lowest BCUT2D eigenvalue weighted by atomic mass is 9.98. The Morgan fingerprint density at radius 2 is 1.58 bits per heavy atom. The highest BCUT2D eigenvalue weighted by Gasteiger charge is 2.30. The number of sulfonamides is 1. The molecule has 0 unspecified atom stereocenters. The summed E-state index contributed by atoms with van der Waals surface area (Å²) in [5.74, 6) is -2.12. The molecule has 3 amide bonds. The number of nitrogens with zero attached hydrogens (tertiary/aromatic N) is 4. The van der Waals surface area contributed by atoms with Crippen molar-refractivity contribution in [3.8, 4) is 5.69 Å². The Kier molecular flexibility index (Phi) is 12.5. The first-order valence-corrected chi connectivity index (χ1v) is 21.6. The number of ether oxygens (including phenoxy) is 1. The van der Waals surface area contributed by atoms with Crippen LogP contribution in [0.15, 0.2) is 114 Å². The van der Waals surface area contributed by atoms with E-state index >= 15 is 0 Å². The molecule has 5 aromatic carbocycles. The number of anilines is 1. The molecule has 308 valence electrons. The molecule has 0 spiro atoms. The standard InChI is InChI=1S/C46H44ClN5O7S/c1-4-6-24-51(37-19-15-31(16-20-37)29-59-41(53)5-2)46(56)43-42(47)30(3)52(48-43)40-22-18-35(27-39(40)45(55)50-25-23-33-12-8-10-14-36(33)28-50)44(54)49-60(57,58)38-21-17-32-11-7-9-13-34(32)26-38/h7-22,26-27H,4-6,23-25,28-29H2,1-3H3,(H,49,54). The first-order valence-electron chi connectivity index (χ1n) is 19.8. The monoisotopic (exact) mass is 845 g/mol. The maximum atomic E-state index is 14.6. The van der Waals surface area contributed by atoms with Crippen molar-refractivity contribution in [1.82, 2.24) is 19.4 Å². The summed E-state index contributed by atoms with van der Waals surface area (Å²) >= 11 is 6.91. The summed E-state index contributed by atoms with van der Waals surface area (Å²) < 4.78 is 35.8.